The van der Waals surface area contributed by atoms with Crippen LogP contribution in [0.4, 0.5) is 8.78 Å². The Balaban J connectivity index is 2.25. The summed E-state index contributed by atoms with van der Waals surface area (Å²) in [5, 5.41) is 3.19. The average Bonchev–Trinajstić information content (AvgIpc) is 2.33. The van der Waals surface area contributed by atoms with E-state index in [9.17, 15) is 8.78 Å². The van der Waals surface area contributed by atoms with E-state index < -0.39 is 12.5 Å². The van der Waals surface area contributed by atoms with Crippen LogP contribution in [0.1, 0.15) is 17.2 Å². The fourth-order valence-electron chi connectivity index (χ4n) is 2.37. The van der Waals surface area contributed by atoms with Crippen LogP contribution >= 0.6 is 0 Å². The van der Waals surface area contributed by atoms with Crippen molar-refractivity contribution >= 4 is 0 Å². The van der Waals surface area contributed by atoms with E-state index >= 15 is 0 Å². The quantitative estimate of drug-likeness (QED) is 0.871. The van der Waals surface area contributed by atoms with Gasteiger partial charge in [0.1, 0.15) is 0 Å². The molecule has 1 aliphatic heterocycles. The summed E-state index contributed by atoms with van der Waals surface area (Å²) in [5.74, 6) is 0. The number of hydrogen-bond acceptors (Lipinski definition) is 2. The second kappa shape index (κ2) is 5.56. The summed E-state index contributed by atoms with van der Waals surface area (Å²) in [4.78, 5) is 1.88. The van der Waals surface area contributed by atoms with Crippen molar-refractivity contribution in [1.82, 2.24) is 10.2 Å². The molecule has 2 nitrogen and oxygen atoms in total. The van der Waals surface area contributed by atoms with Crippen molar-refractivity contribution in [3.05, 3.63) is 35.4 Å². The van der Waals surface area contributed by atoms with Crippen LogP contribution in [-0.4, -0.2) is 37.5 Å². The second-order valence-electron chi connectivity index (χ2n) is 4.42. The van der Waals surface area contributed by atoms with Crippen molar-refractivity contribution in [2.75, 3.05) is 26.2 Å². The molecule has 4 heteroatoms. The van der Waals surface area contributed by atoms with Crippen molar-refractivity contribution in [3.63, 3.8) is 0 Å². The zero-order valence-corrected chi connectivity index (χ0v) is 10.00. The number of alkyl halides is 2. The van der Waals surface area contributed by atoms with Crippen molar-refractivity contribution in [2.45, 2.75) is 19.4 Å². The van der Waals surface area contributed by atoms with Crippen LogP contribution in [-0.2, 0) is 0 Å². The Morgan fingerprint density at radius 2 is 1.82 bits per heavy atom. The Morgan fingerprint density at radius 3 is 2.41 bits per heavy atom. The zero-order valence-electron chi connectivity index (χ0n) is 10.00. The molecule has 17 heavy (non-hydrogen) atoms. The van der Waals surface area contributed by atoms with Gasteiger partial charge >= 0.3 is 0 Å². The molecular weight excluding hydrogens is 222 g/mol. The molecule has 1 N–H and O–H groups in total. The van der Waals surface area contributed by atoms with E-state index in [2.05, 4.69) is 5.32 Å². The van der Waals surface area contributed by atoms with Crippen LogP contribution in [0, 0.1) is 6.92 Å². The highest BCUT2D eigenvalue weighted by Gasteiger charge is 2.30. The minimum absolute atomic E-state index is 0.684. The average molecular weight is 240 g/mol. The topological polar surface area (TPSA) is 15.3 Å². The van der Waals surface area contributed by atoms with Crippen LogP contribution < -0.4 is 5.32 Å². The highest BCUT2D eigenvalue weighted by Crippen LogP contribution is 2.29. The van der Waals surface area contributed by atoms with Gasteiger partial charge in [0.15, 0.2) is 0 Å². The normalized spacial score (nSPS) is 19.5. The van der Waals surface area contributed by atoms with E-state index in [1.165, 1.54) is 0 Å². The molecule has 1 fully saturated rings. The summed E-state index contributed by atoms with van der Waals surface area (Å²) in [7, 11) is 0. The number of piperazine rings is 1. The summed E-state index contributed by atoms with van der Waals surface area (Å²) in [6.07, 6.45) is -2.34. The Bertz CT molecular complexity index is 362. The van der Waals surface area contributed by atoms with Gasteiger partial charge in [-0.05, 0) is 18.1 Å². The second-order valence-corrected chi connectivity index (χ2v) is 4.42. The zero-order chi connectivity index (χ0) is 12.3. The Morgan fingerprint density at radius 1 is 1.18 bits per heavy atom. The monoisotopic (exact) mass is 240 g/mol. The Labute approximate surface area is 101 Å². The summed E-state index contributed by atoms with van der Waals surface area (Å²) in [6.45, 7) is 4.84. The molecule has 0 spiro atoms. The molecule has 2 rings (SSSR count). The lowest BCUT2D eigenvalue weighted by atomic mass is 10.00. The smallest absolute Gasteiger partial charge is 0.258 e. The first-order chi connectivity index (χ1) is 8.20. The van der Waals surface area contributed by atoms with Crippen molar-refractivity contribution in [1.29, 1.82) is 0 Å². The van der Waals surface area contributed by atoms with Gasteiger partial charge in [-0.2, -0.15) is 0 Å². The van der Waals surface area contributed by atoms with E-state index in [0.29, 0.717) is 13.1 Å². The predicted molar refractivity (Wildman–Crippen MR) is 64.4 cm³/mol. The molecule has 1 aromatic rings. The van der Waals surface area contributed by atoms with E-state index in [4.69, 9.17) is 0 Å². The van der Waals surface area contributed by atoms with Crippen molar-refractivity contribution < 1.29 is 8.78 Å². The molecule has 1 atom stereocenters. The fraction of sp³-hybridized carbons (Fsp3) is 0.538. The molecule has 94 valence electrons. The molecule has 1 saturated heterocycles. The number of aryl methyl sites for hydroxylation is 1. The molecule has 0 aliphatic carbocycles. The first kappa shape index (κ1) is 12.5. The van der Waals surface area contributed by atoms with Gasteiger partial charge in [-0.15, -0.1) is 0 Å². The lowest BCUT2D eigenvalue weighted by Crippen LogP contribution is -2.47. The molecule has 1 aromatic carbocycles. The van der Waals surface area contributed by atoms with Gasteiger partial charge in [0.25, 0.3) is 6.43 Å². The third-order valence-electron chi connectivity index (χ3n) is 3.29. The van der Waals surface area contributed by atoms with E-state index in [0.717, 1.165) is 24.2 Å². The minimum atomic E-state index is -2.34. The molecule has 0 amide bonds. The highest BCUT2D eigenvalue weighted by atomic mass is 19.3. The molecule has 0 bridgehead atoms. The summed E-state index contributed by atoms with van der Waals surface area (Å²) in [6, 6.07) is 6.67. The third-order valence-corrected chi connectivity index (χ3v) is 3.29. The number of rotatable bonds is 3. The van der Waals surface area contributed by atoms with Crippen LogP contribution in [0.25, 0.3) is 0 Å². The Hall–Kier alpha value is -1.00. The summed E-state index contributed by atoms with van der Waals surface area (Å²) >= 11 is 0. The van der Waals surface area contributed by atoms with Gasteiger partial charge in [-0.25, -0.2) is 8.78 Å². The van der Waals surface area contributed by atoms with Gasteiger partial charge in [0, 0.05) is 26.2 Å². The van der Waals surface area contributed by atoms with Gasteiger partial charge in [0.05, 0.1) is 6.04 Å². The molecule has 0 radical (unpaired) electrons. The molecule has 1 heterocycles. The fourth-order valence-corrected chi connectivity index (χ4v) is 2.37. The van der Waals surface area contributed by atoms with Crippen LogP contribution in [0.15, 0.2) is 24.3 Å². The lowest BCUT2D eigenvalue weighted by Gasteiger charge is -2.35. The number of nitrogens with one attached hydrogen (secondary N) is 1. The predicted octanol–water partition coefficient (Wildman–Crippen LogP) is 2.21. The maximum atomic E-state index is 13.3. The van der Waals surface area contributed by atoms with E-state index in [1.807, 2.05) is 36.1 Å². The number of hydrogen-bond donors (Lipinski definition) is 1. The standard InChI is InChI=1S/C13H18F2N2/c1-10-4-2-3-5-11(10)12(13(14)15)17-8-6-16-7-9-17/h2-5,12-13,16H,6-9H2,1H3/t12-/m1/s1. The molecule has 0 saturated carbocycles. The number of halogens is 2. The van der Waals surface area contributed by atoms with Crippen molar-refractivity contribution in [2.24, 2.45) is 0 Å². The van der Waals surface area contributed by atoms with Gasteiger partial charge in [-0.1, -0.05) is 24.3 Å². The van der Waals surface area contributed by atoms with Crippen LogP contribution in [0.3, 0.4) is 0 Å². The number of benzene rings is 1. The summed E-state index contributed by atoms with van der Waals surface area (Å²) < 4.78 is 26.6. The Kier molecular flexibility index (Phi) is 4.07. The number of nitrogens with zero attached hydrogens (tertiary/aromatic N) is 1. The maximum Gasteiger partial charge on any atom is 0.258 e. The molecule has 0 unspecified atom stereocenters. The van der Waals surface area contributed by atoms with Crippen molar-refractivity contribution in [3.8, 4) is 0 Å². The van der Waals surface area contributed by atoms with Gasteiger partial charge in [-0.3, -0.25) is 4.90 Å². The van der Waals surface area contributed by atoms with Gasteiger partial charge < -0.3 is 5.32 Å². The third kappa shape index (κ3) is 2.82. The molecule has 0 aromatic heterocycles. The van der Waals surface area contributed by atoms with Crippen LogP contribution in [0.5, 0.6) is 0 Å². The first-order valence-corrected chi connectivity index (χ1v) is 5.98. The highest BCUT2D eigenvalue weighted by molar-refractivity contribution is 5.29. The largest absolute Gasteiger partial charge is 0.314 e. The minimum Gasteiger partial charge on any atom is -0.314 e. The van der Waals surface area contributed by atoms with Gasteiger partial charge in [0.2, 0.25) is 0 Å². The van der Waals surface area contributed by atoms with E-state index in [1.54, 1.807) is 0 Å². The SMILES string of the molecule is Cc1ccccc1[C@H](C(F)F)N1CCNCC1. The first-order valence-electron chi connectivity index (χ1n) is 5.98. The summed E-state index contributed by atoms with van der Waals surface area (Å²) in [5.41, 5.74) is 1.70. The van der Waals surface area contributed by atoms with Crippen LogP contribution in [0.2, 0.25) is 0 Å². The molecule has 1 aliphatic rings. The molecular formula is C13H18F2N2. The maximum absolute atomic E-state index is 13.3. The lowest BCUT2D eigenvalue weighted by molar-refractivity contribution is 0.0178. The van der Waals surface area contributed by atoms with E-state index in [-0.39, 0.29) is 0 Å².